The molecule has 0 fully saturated rings. The standard InChI is InChI=1S/C18H16ClNO5/c1-11(21)15-9-13(19)5-8-16(15)25-10-17(22)20-14-6-3-12(4-7-14)18(23)24-2/h3-9H,10H2,1-2H3,(H,20,22). The van der Waals surface area contributed by atoms with Crippen molar-refractivity contribution in [3.05, 3.63) is 58.6 Å². The van der Waals surface area contributed by atoms with E-state index < -0.39 is 11.9 Å². The second kappa shape index (κ2) is 8.30. The fourth-order valence-electron chi connectivity index (χ4n) is 2.05. The van der Waals surface area contributed by atoms with E-state index in [9.17, 15) is 14.4 Å². The normalized spacial score (nSPS) is 10.0. The van der Waals surface area contributed by atoms with Gasteiger partial charge in [-0.25, -0.2) is 4.79 Å². The van der Waals surface area contributed by atoms with Crippen LogP contribution in [-0.2, 0) is 9.53 Å². The molecule has 0 radical (unpaired) electrons. The largest absolute Gasteiger partial charge is 0.483 e. The van der Waals surface area contributed by atoms with Gasteiger partial charge in [-0.15, -0.1) is 0 Å². The molecule has 0 unspecified atom stereocenters. The molecule has 0 aliphatic heterocycles. The van der Waals surface area contributed by atoms with Crippen LogP contribution in [0, 0.1) is 0 Å². The monoisotopic (exact) mass is 361 g/mol. The van der Waals surface area contributed by atoms with Crippen LogP contribution in [0.5, 0.6) is 5.75 Å². The lowest BCUT2D eigenvalue weighted by atomic mass is 10.1. The Hall–Kier alpha value is -2.86. The molecule has 7 heteroatoms. The van der Waals surface area contributed by atoms with Crippen LogP contribution in [0.25, 0.3) is 0 Å². The maximum Gasteiger partial charge on any atom is 0.337 e. The molecule has 0 aliphatic rings. The molecule has 1 N–H and O–H groups in total. The Kier molecular flexibility index (Phi) is 6.14. The number of nitrogens with one attached hydrogen (secondary N) is 1. The molecule has 6 nitrogen and oxygen atoms in total. The molecule has 0 heterocycles. The van der Waals surface area contributed by atoms with E-state index in [1.807, 2.05) is 0 Å². The first kappa shape index (κ1) is 18.5. The summed E-state index contributed by atoms with van der Waals surface area (Å²) in [5, 5.41) is 3.04. The second-order valence-electron chi connectivity index (χ2n) is 5.10. The van der Waals surface area contributed by atoms with Gasteiger partial charge in [-0.1, -0.05) is 11.6 Å². The van der Waals surface area contributed by atoms with E-state index in [0.717, 1.165) is 0 Å². The summed E-state index contributed by atoms with van der Waals surface area (Å²) in [5.74, 6) is -0.791. The van der Waals surface area contributed by atoms with Crippen molar-refractivity contribution in [3.63, 3.8) is 0 Å². The predicted octanol–water partition coefficient (Wildman–Crippen LogP) is 3.35. The number of amides is 1. The van der Waals surface area contributed by atoms with Crippen LogP contribution in [0.15, 0.2) is 42.5 Å². The summed E-state index contributed by atoms with van der Waals surface area (Å²) in [7, 11) is 1.29. The first-order valence-corrected chi connectivity index (χ1v) is 7.70. The average molecular weight is 362 g/mol. The van der Waals surface area contributed by atoms with Gasteiger partial charge in [0, 0.05) is 10.7 Å². The summed E-state index contributed by atoms with van der Waals surface area (Å²) in [6.45, 7) is 1.11. The number of Topliss-reactive ketones (excluding diaryl/α,β-unsaturated/α-hetero) is 1. The van der Waals surface area contributed by atoms with Crippen molar-refractivity contribution in [2.45, 2.75) is 6.92 Å². The number of carbonyl (C=O) groups is 3. The Bertz CT molecular complexity index is 802. The third kappa shape index (κ3) is 5.06. The summed E-state index contributed by atoms with van der Waals surface area (Å²) in [5.41, 5.74) is 1.19. The van der Waals surface area contributed by atoms with Gasteiger partial charge in [0.15, 0.2) is 12.4 Å². The maximum absolute atomic E-state index is 12.0. The highest BCUT2D eigenvalue weighted by Crippen LogP contribution is 2.23. The van der Waals surface area contributed by atoms with Crippen LogP contribution in [0.3, 0.4) is 0 Å². The van der Waals surface area contributed by atoms with E-state index in [1.54, 1.807) is 18.2 Å². The van der Waals surface area contributed by atoms with E-state index >= 15 is 0 Å². The molecule has 0 atom stereocenters. The smallest absolute Gasteiger partial charge is 0.337 e. The van der Waals surface area contributed by atoms with Crippen molar-refractivity contribution >= 4 is 34.9 Å². The quantitative estimate of drug-likeness (QED) is 0.630. The number of hydrogen-bond acceptors (Lipinski definition) is 5. The summed E-state index contributed by atoms with van der Waals surface area (Å²) >= 11 is 5.86. The summed E-state index contributed by atoms with van der Waals surface area (Å²) in [4.78, 5) is 34.9. The molecule has 0 saturated carbocycles. The number of carbonyl (C=O) groups excluding carboxylic acids is 3. The van der Waals surface area contributed by atoms with Crippen LogP contribution in [0.1, 0.15) is 27.6 Å². The number of benzene rings is 2. The molecule has 0 aromatic heterocycles. The Morgan fingerprint density at radius 3 is 2.36 bits per heavy atom. The van der Waals surface area contributed by atoms with Crippen molar-refractivity contribution in [2.75, 3.05) is 19.0 Å². The van der Waals surface area contributed by atoms with Gasteiger partial charge in [-0.3, -0.25) is 9.59 Å². The van der Waals surface area contributed by atoms with E-state index in [0.29, 0.717) is 21.8 Å². The van der Waals surface area contributed by atoms with Gasteiger partial charge in [-0.2, -0.15) is 0 Å². The summed E-state index contributed by atoms with van der Waals surface area (Å²) < 4.78 is 10.0. The minimum Gasteiger partial charge on any atom is -0.483 e. The highest BCUT2D eigenvalue weighted by atomic mass is 35.5. The fraction of sp³-hybridized carbons (Fsp3) is 0.167. The third-order valence-corrected chi connectivity index (χ3v) is 3.50. The number of methoxy groups -OCH3 is 1. The van der Waals surface area contributed by atoms with Gasteiger partial charge >= 0.3 is 5.97 Å². The lowest BCUT2D eigenvalue weighted by Gasteiger charge is -2.11. The van der Waals surface area contributed by atoms with Crippen LogP contribution in [0.2, 0.25) is 5.02 Å². The van der Waals surface area contributed by atoms with E-state index in [4.69, 9.17) is 16.3 Å². The highest BCUT2D eigenvalue weighted by Gasteiger charge is 2.12. The molecular formula is C18H16ClNO5. The van der Waals surface area contributed by atoms with Gasteiger partial charge in [0.25, 0.3) is 5.91 Å². The molecule has 0 spiro atoms. The molecule has 130 valence electrons. The predicted molar refractivity (Wildman–Crippen MR) is 93.4 cm³/mol. The Labute approximate surface area is 149 Å². The molecule has 2 aromatic carbocycles. The second-order valence-corrected chi connectivity index (χ2v) is 5.54. The van der Waals surface area contributed by atoms with Crippen molar-refractivity contribution in [1.82, 2.24) is 0 Å². The molecule has 2 aromatic rings. The van der Waals surface area contributed by atoms with Crippen molar-refractivity contribution < 1.29 is 23.9 Å². The lowest BCUT2D eigenvalue weighted by Crippen LogP contribution is -2.20. The number of ether oxygens (including phenoxy) is 2. The van der Waals surface area contributed by atoms with E-state index in [-0.39, 0.29) is 18.1 Å². The number of hydrogen-bond donors (Lipinski definition) is 1. The van der Waals surface area contributed by atoms with Crippen LogP contribution in [-0.4, -0.2) is 31.4 Å². The zero-order valence-electron chi connectivity index (χ0n) is 13.7. The first-order chi connectivity index (χ1) is 11.9. The molecular weight excluding hydrogens is 346 g/mol. The number of esters is 1. The maximum atomic E-state index is 12.0. The van der Waals surface area contributed by atoms with Crippen LogP contribution in [0.4, 0.5) is 5.69 Å². The lowest BCUT2D eigenvalue weighted by molar-refractivity contribution is -0.118. The minimum absolute atomic E-state index is 0.212. The Morgan fingerprint density at radius 1 is 1.08 bits per heavy atom. The van der Waals surface area contributed by atoms with Crippen molar-refractivity contribution in [2.24, 2.45) is 0 Å². The molecule has 0 bridgehead atoms. The van der Waals surface area contributed by atoms with Gasteiger partial charge in [0.2, 0.25) is 0 Å². The molecule has 2 rings (SSSR count). The molecule has 0 saturated heterocycles. The Balaban J connectivity index is 1.97. The van der Waals surface area contributed by atoms with Gasteiger partial charge < -0.3 is 14.8 Å². The number of anilines is 1. The number of ketones is 1. The van der Waals surface area contributed by atoms with E-state index in [1.165, 1.54) is 38.3 Å². The zero-order chi connectivity index (χ0) is 18.4. The van der Waals surface area contributed by atoms with Gasteiger partial charge in [0.1, 0.15) is 5.75 Å². The number of halogens is 1. The van der Waals surface area contributed by atoms with Crippen molar-refractivity contribution in [3.8, 4) is 5.75 Å². The summed E-state index contributed by atoms with van der Waals surface area (Å²) in [6, 6.07) is 10.8. The molecule has 25 heavy (non-hydrogen) atoms. The topological polar surface area (TPSA) is 81.7 Å². The molecule has 1 amide bonds. The zero-order valence-corrected chi connectivity index (χ0v) is 14.4. The minimum atomic E-state index is -0.458. The Morgan fingerprint density at radius 2 is 1.76 bits per heavy atom. The molecule has 0 aliphatic carbocycles. The van der Waals surface area contributed by atoms with Crippen LogP contribution >= 0.6 is 11.6 Å². The SMILES string of the molecule is COC(=O)c1ccc(NC(=O)COc2ccc(Cl)cc2C(C)=O)cc1. The third-order valence-electron chi connectivity index (χ3n) is 3.27. The number of rotatable bonds is 6. The van der Waals surface area contributed by atoms with Gasteiger partial charge in [0.05, 0.1) is 18.2 Å². The van der Waals surface area contributed by atoms with Crippen molar-refractivity contribution in [1.29, 1.82) is 0 Å². The van der Waals surface area contributed by atoms with Gasteiger partial charge in [-0.05, 0) is 49.4 Å². The average Bonchev–Trinajstić information content (AvgIpc) is 2.60. The van der Waals surface area contributed by atoms with Crippen LogP contribution < -0.4 is 10.1 Å². The van der Waals surface area contributed by atoms with E-state index in [2.05, 4.69) is 10.1 Å². The first-order valence-electron chi connectivity index (χ1n) is 7.32. The fourth-order valence-corrected chi connectivity index (χ4v) is 2.22. The summed E-state index contributed by atoms with van der Waals surface area (Å²) in [6.07, 6.45) is 0. The highest BCUT2D eigenvalue weighted by molar-refractivity contribution is 6.31.